The van der Waals surface area contributed by atoms with Gasteiger partial charge in [-0.1, -0.05) is 12.1 Å². The average molecular weight is 402 g/mol. The maximum absolute atomic E-state index is 13.9. The standard InChI is InChI=1S/C22H24F2N2O3/c1-14(17-13-15(23)10-11-18(17)24)12-20(27)25-26(22(2,3)4)21(28)16-8-6-7-9-19(16)29-5/h6-13H,1-5H3,(H,25,27)/b14-12+. The third-order valence-electron chi connectivity index (χ3n) is 4.13. The number of ether oxygens (including phenoxy) is 1. The first-order chi connectivity index (χ1) is 13.5. The lowest BCUT2D eigenvalue weighted by Crippen LogP contribution is -2.55. The molecule has 2 aromatic carbocycles. The summed E-state index contributed by atoms with van der Waals surface area (Å²) in [5.41, 5.74) is 2.24. The highest BCUT2D eigenvalue weighted by Crippen LogP contribution is 2.23. The second-order valence-electron chi connectivity index (χ2n) is 7.44. The number of hydrogen-bond donors (Lipinski definition) is 1. The van der Waals surface area contributed by atoms with Crippen LogP contribution in [0.4, 0.5) is 8.78 Å². The molecular weight excluding hydrogens is 378 g/mol. The van der Waals surface area contributed by atoms with E-state index in [0.717, 1.165) is 24.3 Å². The first kappa shape index (κ1) is 22.1. The van der Waals surface area contributed by atoms with E-state index >= 15 is 0 Å². The van der Waals surface area contributed by atoms with Gasteiger partial charge >= 0.3 is 0 Å². The molecule has 1 N–H and O–H groups in total. The van der Waals surface area contributed by atoms with Gasteiger partial charge in [0.15, 0.2) is 0 Å². The van der Waals surface area contributed by atoms with Crippen LogP contribution < -0.4 is 10.2 Å². The molecule has 0 radical (unpaired) electrons. The molecule has 0 aliphatic rings. The Morgan fingerprint density at radius 3 is 2.34 bits per heavy atom. The van der Waals surface area contributed by atoms with Gasteiger partial charge in [-0.05, 0) is 63.6 Å². The number of para-hydroxylation sites is 1. The maximum atomic E-state index is 13.9. The predicted octanol–water partition coefficient (Wildman–Crippen LogP) is 4.35. The first-order valence-electron chi connectivity index (χ1n) is 8.96. The largest absolute Gasteiger partial charge is 0.496 e. The van der Waals surface area contributed by atoms with Crippen molar-refractivity contribution in [3.05, 3.63) is 71.3 Å². The van der Waals surface area contributed by atoms with Gasteiger partial charge in [0.1, 0.15) is 17.4 Å². The minimum absolute atomic E-state index is 0.0292. The number of halogens is 2. The van der Waals surface area contributed by atoms with Crippen molar-refractivity contribution < 1.29 is 23.1 Å². The van der Waals surface area contributed by atoms with Crippen LogP contribution in [0.3, 0.4) is 0 Å². The first-order valence-corrected chi connectivity index (χ1v) is 8.96. The van der Waals surface area contributed by atoms with Crippen LogP contribution in [0.1, 0.15) is 43.6 Å². The highest BCUT2D eigenvalue weighted by molar-refractivity contribution is 6.00. The number of amides is 2. The molecule has 0 aliphatic carbocycles. The van der Waals surface area contributed by atoms with Crippen LogP contribution in [0.5, 0.6) is 5.75 Å². The molecule has 0 aliphatic heterocycles. The topological polar surface area (TPSA) is 58.6 Å². The number of nitrogens with one attached hydrogen (secondary N) is 1. The Kier molecular flexibility index (Phi) is 6.74. The van der Waals surface area contributed by atoms with E-state index in [1.54, 1.807) is 45.0 Å². The normalized spacial score (nSPS) is 11.8. The van der Waals surface area contributed by atoms with Crippen LogP contribution in [0.25, 0.3) is 5.57 Å². The number of rotatable bonds is 4. The van der Waals surface area contributed by atoms with Gasteiger partial charge < -0.3 is 4.74 Å². The Labute approximate surface area is 168 Å². The lowest BCUT2D eigenvalue weighted by molar-refractivity contribution is -0.122. The van der Waals surface area contributed by atoms with E-state index in [2.05, 4.69) is 5.43 Å². The Morgan fingerprint density at radius 2 is 1.72 bits per heavy atom. The molecule has 0 spiro atoms. The molecule has 0 atom stereocenters. The van der Waals surface area contributed by atoms with E-state index in [-0.39, 0.29) is 16.7 Å². The number of carbonyl (C=O) groups is 2. The van der Waals surface area contributed by atoms with Gasteiger partial charge in [-0.25, -0.2) is 13.8 Å². The number of methoxy groups -OCH3 is 1. The minimum Gasteiger partial charge on any atom is -0.496 e. The molecule has 0 fully saturated rings. The summed E-state index contributed by atoms with van der Waals surface area (Å²) in [6.07, 6.45) is 1.12. The van der Waals surface area contributed by atoms with Crippen molar-refractivity contribution in [1.82, 2.24) is 10.4 Å². The molecule has 0 saturated heterocycles. The molecule has 7 heteroatoms. The summed E-state index contributed by atoms with van der Waals surface area (Å²) in [5.74, 6) is -2.01. The molecule has 154 valence electrons. The number of nitrogens with zero attached hydrogens (tertiary/aromatic N) is 1. The van der Waals surface area contributed by atoms with Gasteiger partial charge in [0.2, 0.25) is 0 Å². The Hall–Kier alpha value is -3.22. The summed E-state index contributed by atoms with van der Waals surface area (Å²) < 4.78 is 32.6. The molecule has 2 aromatic rings. The lowest BCUT2D eigenvalue weighted by Gasteiger charge is -2.35. The van der Waals surface area contributed by atoms with Crippen molar-refractivity contribution in [2.24, 2.45) is 0 Å². The van der Waals surface area contributed by atoms with E-state index < -0.39 is 29.0 Å². The SMILES string of the molecule is COc1ccccc1C(=O)N(NC(=O)/C=C(\C)c1cc(F)ccc1F)C(C)(C)C. The van der Waals surface area contributed by atoms with Gasteiger partial charge in [0, 0.05) is 11.6 Å². The monoisotopic (exact) mass is 402 g/mol. The number of hydrazine groups is 1. The van der Waals surface area contributed by atoms with Crippen molar-refractivity contribution >= 4 is 17.4 Å². The highest BCUT2D eigenvalue weighted by atomic mass is 19.1. The number of carbonyl (C=O) groups excluding carboxylic acids is 2. The summed E-state index contributed by atoms with van der Waals surface area (Å²) in [6, 6.07) is 9.66. The highest BCUT2D eigenvalue weighted by Gasteiger charge is 2.30. The van der Waals surface area contributed by atoms with Crippen LogP contribution in [-0.4, -0.2) is 29.5 Å². The summed E-state index contributed by atoms with van der Waals surface area (Å²) in [6.45, 7) is 6.75. The molecule has 0 bridgehead atoms. The molecule has 0 unspecified atom stereocenters. The van der Waals surface area contributed by atoms with Gasteiger partial charge in [0.25, 0.3) is 11.8 Å². The molecule has 2 amide bonds. The van der Waals surface area contributed by atoms with Crippen molar-refractivity contribution in [2.75, 3.05) is 7.11 Å². The molecule has 0 heterocycles. The van der Waals surface area contributed by atoms with Gasteiger partial charge in [-0.3, -0.25) is 15.0 Å². The Balaban J connectivity index is 2.32. The van der Waals surface area contributed by atoms with Crippen LogP contribution in [0.2, 0.25) is 0 Å². The summed E-state index contributed by atoms with van der Waals surface area (Å²) >= 11 is 0. The average Bonchev–Trinajstić information content (AvgIpc) is 2.66. The third-order valence-corrected chi connectivity index (χ3v) is 4.13. The zero-order valence-corrected chi connectivity index (χ0v) is 17.0. The van der Waals surface area contributed by atoms with Gasteiger partial charge in [-0.2, -0.15) is 0 Å². The maximum Gasteiger partial charge on any atom is 0.276 e. The third kappa shape index (κ3) is 5.40. The van der Waals surface area contributed by atoms with E-state index in [1.165, 1.54) is 19.0 Å². The van der Waals surface area contributed by atoms with Gasteiger partial charge in [0.05, 0.1) is 18.2 Å². The molecule has 5 nitrogen and oxygen atoms in total. The fraction of sp³-hybridized carbons (Fsp3) is 0.273. The van der Waals surface area contributed by atoms with E-state index in [0.29, 0.717) is 5.75 Å². The molecule has 0 saturated carbocycles. The second kappa shape index (κ2) is 8.86. The van der Waals surface area contributed by atoms with E-state index in [1.807, 2.05) is 0 Å². The fourth-order valence-electron chi connectivity index (χ4n) is 2.68. The zero-order valence-electron chi connectivity index (χ0n) is 17.0. The molecule has 29 heavy (non-hydrogen) atoms. The van der Waals surface area contributed by atoms with Crippen molar-refractivity contribution in [3.63, 3.8) is 0 Å². The predicted molar refractivity (Wildman–Crippen MR) is 107 cm³/mol. The zero-order chi connectivity index (χ0) is 21.8. The second-order valence-corrected chi connectivity index (χ2v) is 7.44. The molecular formula is C22H24F2N2O3. The van der Waals surface area contributed by atoms with E-state index in [4.69, 9.17) is 4.74 Å². The lowest BCUT2D eigenvalue weighted by atomic mass is 10.1. The van der Waals surface area contributed by atoms with E-state index in [9.17, 15) is 18.4 Å². The minimum atomic E-state index is -0.764. The molecule has 2 rings (SSSR count). The smallest absolute Gasteiger partial charge is 0.276 e. The fourth-order valence-corrected chi connectivity index (χ4v) is 2.68. The van der Waals surface area contributed by atoms with Crippen LogP contribution in [-0.2, 0) is 4.79 Å². The summed E-state index contributed by atoms with van der Waals surface area (Å²) in [4.78, 5) is 25.6. The van der Waals surface area contributed by atoms with Crippen LogP contribution in [0, 0.1) is 11.6 Å². The van der Waals surface area contributed by atoms with Gasteiger partial charge in [-0.15, -0.1) is 0 Å². The summed E-state index contributed by atoms with van der Waals surface area (Å²) in [5, 5.41) is 1.18. The summed E-state index contributed by atoms with van der Waals surface area (Å²) in [7, 11) is 1.45. The van der Waals surface area contributed by atoms with Crippen LogP contribution >= 0.6 is 0 Å². The Bertz CT molecular complexity index is 949. The van der Waals surface area contributed by atoms with Crippen molar-refractivity contribution in [1.29, 1.82) is 0 Å². The number of hydrogen-bond acceptors (Lipinski definition) is 3. The quantitative estimate of drug-likeness (QED) is 0.611. The van der Waals surface area contributed by atoms with Crippen molar-refractivity contribution in [3.8, 4) is 5.75 Å². The Morgan fingerprint density at radius 1 is 1.07 bits per heavy atom. The van der Waals surface area contributed by atoms with Crippen LogP contribution in [0.15, 0.2) is 48.5 Å². The number of allylic oxidation sites excluding steroid dienone is 1. The number of benzene rings is 2. The van der Waals surface area contributed by atoms with Crippen molar-refractivity contribution in [2.45, 2.75) is 33.2 Å². The molecule has 0 aromatic heterocycles.